The molecule has 126 valence electrons. The van der Waals surface area contributed by atoms with Crippen LogP contribution in [0.4, 0.5) is 0 Å². The van der Waals surface area contributed by atoms with Crippen LogP contribution in [0.2, 0.25) is 0 Å². The van der Waals surface area contributed by atoms with Gasteiger partial charge < -0.3 is 4.90 Å². The van der Waals surface area contributed by atoms with Crippen molar-refractivity contribution < 1.29 is 4.79 Å². The van der Waals surface area contributed by atoms with Crippen molar-refractivity contribution >= 4 is 5.91 Å². The number of likely N-dealkylation sites (N-methyl/N-ethyl adjacent to an activating group) is 1. The van der Waals surface area contributed by atoms with E-state index in [9.17, 15) is 4.79 Å². The molecule has 0 spiro atoms. The molecule has 3 heterocycles. The van der Waals surface area contributed by atoms with Crippen molar-refractivity contribution in [2.45, 2.75) is 38.3 Å². The summed E-state index contributed by atoms with van der Waals surface area (Å²) in [6.45, 7) is 2.68. The molecule has 1 N–H and O–H groups in total. The van der Waals surface area contributed by atoms with Gasteiger partial charge >= 0.3 is 0 Å². The van der Waals surface area contributed by atoms with Crippen LogP contribution in [0.15, 0.2) is 24.5 Å². The van der Waals surface area contributed by atoms with Gasteiger partial charge in [0.25, 0.3) is 0 Å². The van der Waals surface area contributed by atoms with E-state index in [1.807, 2.05) is 24.1 Å². The molecule has 2 aliphatic rings. The van der Waals surface area contributed by atoms with Gasteiger partial charge in [0.2, 0.25) is 5.91 Å². The van der Waals surface area contributed by atoms with E-state index < -0.39 is 0 Å². The zero-order valence-corrected chi connectivity index (χ0v) is 14.0. The normalized spacial score (nSPS) is 17.2. The summed E-state index contributed by atoms with van der Waals surface area (Å²) in [5.41, 5.74) is 4.87. The number of aromatic nitrogens is 3. The lowest BCUT2D eigenvalue weighted by molar-refractivity contribution is -0.133. The van der Waals surface area contributed by atoms with Gasteiger partial charge in [0.15, 0.2) is 0 Å². The Kier molecular flexibility index (Phi) is 4.06. The number of hydrogen-bond acceptors (Lipinski definition) is 4. The molecule has 1 saturated carbocycles. The highest BCUT2D eigenvalue weighted by Gasteiger charge is 2.33. The van der Waals surface area contributed by atoms with Crippen molar-refractivity contribution in [2.75, 3.05) is 20.1 Å². The molecule has 2 aromatic heterocycles. The first-order valence-corrected chi connectivity index (χ1v) is 8.62. The van der Waals surface area contributed by atoms with Crippen LogP contribution in [0.3, 0.4) is 0 Å². The summed E-state index contributed by atoms with van der Waals surface area (Å²) in [6.07, 6.45) is 6.93. The maximum absolute atomic E-state index is 12.7. The van der Waals surface area contributed by atoms with Gasteiger partial charge in [-0.15, -0.1) is 0 Å². The van der Waals surface area contributed by atoms with Crippen LogP contribution in [0.25, 0.3) is 0 Å². The molecule has 24 heavy (non-hydrogen) atoms. The van der Waals surface area contributed by atoms with Gasteiger partial charge in [0.1, 0.15) is 0 Å². The summed E-state index contributed by atoms with van der Waals surface area (Å²) in [4.78, 5) is 20.7. The van der Waals surface area contributed by atoms with Gasteiger partial charge in [-0.2, -0.15) is 5.10 Å². The SMILES string of the molecule is CN(CC(=O)N1CCc2[nH]nc(C3CC3)c2C1)Cc1ccncc1. The molecule has 4 rings (SSSR count). The van der Waals surface area contributed by atoms with Gasteiger partial charge in [0, 0.05) is 55.6 Å². The van der Waals surface area contributed by atoms with E-state index in [2.05, 4.69) is 20.1 Å². The van der Waals surface area contributed by atoms with Crippen molar-refractivity contribution in [3.8, 4) is 0 Å². The topological polar surface area (TPSA) is 65.1 Å². The zero-order chi connectivity index (χ0) is 16.5. The first kappa shape index (κ1) is 15.3. The number of carbonyl (C=O) groups excluding carboxylic acids is 1. The Labute approximate surface area is 141 Å². The highest BCUT2D eigenvalue weighted by Crippen LogP contribution is 2.42. The van der Waals surface area contributed by atoms with E-state index in [1.165, 1.54) is 35.4 Å². The number of amides is 1. The van der Waals surface area contributed by atoms with Crippen molar-refractivity contribution in [3.63, 3.8) is 0 Å². The van der Waals surface area contributed by atoms with Crippen molar-refractivity contribution in [2.24, 2.45) is 0 Å². The van der Waals surface area contributed by atoms with Crippen LogP contribution < -0.4 is 0 Å². The van der Waals surface area contributed by atoms with Crippen LogP contribution in [-0.4, -0.2) is 51.0 Å². The lowest BCUT2D eigenvalue weighted by Gasteiger charge is -2.29. The molecule has 1 amide bonds. The quantitative estimate of drug-likeness (QED) is 0.909. The van der Waals surface area contributed by atoms with Crippen LogP contribution in [0.1, 0.15) is 41.3 Å². The van der Waals surface area contributed by atoms with Crippen LogP contribution >= 0.6 is 0 Å². The number of carbonyl (C=O) groups is 1. The molecule has 1 aliphatic heterocycles. The molecular weight excluding hydrogens is 302 g/mol. The Morgan fingerprint density at radius 3 is 2.92 bits per heavy atom. The fraction of sp³-hybridized carbons (Fsp3) is 0.500. The second-order valence-corrected chi connectivity index (χ2v) is 6.93. The van der Waals surface area contributed by atoms with Crippen LogP contribution in [0.5, 0.6) is 0 Å². The number of rotatable bonds is 5. The van der Waals surface area contributed by atoms with E-state index in [0.29, 0.717) is 19.0 Å². The molecule has 0 aromatic carbocycles. The summed E-state index contributed by atoms with van der Waals surface area (Å²) >= 11 is 0. The average molecular weight is 325 g/mol. The number of fused-ring (bicyclic) bond motifs is 1. The Bertz CT molecular complexity index is 722. The highest BCUT2D eigenvalue weighted by molar-refractivity contribution is 5.78. The fourth-order valence-electron chi connectivity index (χ4n) is 3.41. The summed E-state index contributed by atoms with van der Waals surface area (Å²) in [5, 5.41) is 7.67. The Balaban J connectivity index is 1.37. The number of aromatic amines is 1. The molecule has 0 radical (unpaired) electrons. The lowest BCUT2D eigenvalue weighted by Crippen LogP contribution is -2.41. The first-order chi connectivity index (χ1) is 11.7. The maximum atomic E-state index is 12.7. The van der Waals surface area contributed by atoms with Crippen molar-refractivity contribution in [1.82, 2.24) is 25.0 Å². The number of hydrogen-bond donors (Lipinski definition) is 1. The maximum Gasteiger partial charge on any atom is 0.237 e. The second kappa shape index (κ2) is 6.36. The van der Waals surface area contributed by atoms with Crippen molar-refractivity contribution in [1.29, 1.82) is 0 Å². The van der Waals surface area contributed by atoms with E-state index in [4.69, 9.17) is 0 Å². The van der Waals surface area contributed by atoms with E-state index in [0.717, 1.165) is 19.5 Å². The number of nitrogens with zero attached hydrogens (tertiary/aromatic N) is 4. The second-order valence-electron chi connectivity index (χ2n) is 6.93. The molecule has 1 aliphatic carbocycles. The molecule has 2 aromatic rings. The Morgan fingerprint density at radius 1 is 1.38 bits per heavy atom. The number of nitrogens with one attached hydrogen (secondary N) is 1. The Morgan fingerprint density at radius 2 is 2.17 bits per heavy atom. The molecule has 0 atom stereocenters. The summed E-state index contributed by atoms with van der Waals surface area (Å²) in [6, 6.07) is 3.98. The smallest absolute Gasteiger partial charge is 0.237 e. The monoisotopic (exact) mass is 325 g/mol. The van der Waals surface area contributed by atoms with Crippen LogP contribution in [-0.2, 0) is 24.3 Å². The van der Waals surface area contributed by atoms with Gasteiger partial charge in [-0.3, -0.25) is 19.8 Å². The highest BCUT2D eigenvalue weighted by atomic mass is 16.2. The summed E-state index contributed by atoms with van der Waals surface area (Å²) in [5.74, 6) is 0.814. The minimum absolute atomic E-state index is 0.195. The third-order valence-corrected chi connectivity index (χ3v) is 4.89. The molecule has 1 fully saturated rings. The summed E-state index contributed by atoms with van der Waals surface area (Å²) < 4.78 is 0. The molecule has 0 unspecified atom stereocenters. The van der Waals surface area contributed by atoms with Gasteiger partial charge in [-0.05, 0) is 37.6 Å². The third-order valence-electron chi connectivity index (χ3n) is 4.89. The van der Waals surface area contributed by atoms with E-state index >= 15 is 0 Å². The fourth-order valence-corrected chi connectivity index (χ4v) is 3.41. The molecule has 0 saturated heterocycles. The Hall–Kier alpha value is -2.21. The van der Waals surface area contributed by atoms with Crippen molar-refractivity contribution in [3.05, 3.63) is 47.0 Å². The van der Waals surface area contributed by atoms with E-state index in [1.54, 1.807) is 12.4 Å². The third kappa shape index (κ3) is 3.19. The predicted octanol–water partition coefficient (Wildman–Crippen LogP) is 1.70. The first-order valence-electron chi connectivity index (χ1n) is 8.62. The lowest BCUT2D eigenvalue weighted by atomic mass is 10.0. The molecular formula is C18H23N5O. The average Bonchev–Trinajstić information content (AvgIpc) is 3.34. The summed E-state index contributed by atoms with van der Waals surface area (Å²) in [7, 11) is 1.99. The minimum atomic E-state index is 0.195. The standard InChI is InChI=1S/C18H23N5O/c1-22(10-13-4-7-19-8-5-13)12-17(24)23-9-6-16-15(11-23)18(21-20-16)14-2-3-14/h4-5,7-8,14H,2-3,6,9-12H2,1H3,(H,20,21). The molecule has 6 heteroatoms. The predicted molar refractivity (Wildman–Crippen MR) is 90.3 cm³/mol. The number of pyridine rings is 1. The number of H-pyrrole nitrogens is 1. The minimum Gasteiger partial charge on any atom is -0.337 e. The van der Waals surface area contributed by atoms with Gasteiger partial charge in [-0.1, -0.05) is 0 Å². The van der Waals surface area contributed by atoms with E-state index in [-0.39, 0.29) is 5.91 Å². The van der Waals surface area contributed by atoms with Gasteiger partial charge in [-0.25, -0.2) is 0 Å². The van der Waals surface area contributed by atoms with Gasteiger partial charge in [0.05, 0.1) is 12.2 Å². The largest absolute Gasteiger partial charge is 0.337 e. The zero-order valence-electron chi connectivity index (χ0n) is 14.0. The molecule has 0 bridgehead atoms. The molecule has 6 nitrogen and oxygen atoms in total. The van der Waals surface area contributed by atoms with Crippen LogP contribution in [0, 0.1) is 0 Å².